The minimum atomic E-state index is -0.114. The number of likely N-dealkylation sites (N-methyl/N-ethyl adjacent to an activating group) is 1. The molecule has 1 aliphatic heterocycles. The molecule has 0 spiro atoms. The maximum atomic E-state index is 13.1. The molecular formula is C29H30N4O4. The zero-order chi connectivity index (χ0) is 25.9. The topological polar surface area (TPSA) is 77.0 Å². The number of fused-ring (bicyclic) bond motifs is 1. The molecule has 2 aromatic carbocycles. The van der Waals surface area contributed by atoms with Gasteiger partial charge in [0, 0.05) is 25.4 Å². The SMILES string of the molecule is COc1ccc(-c2cc3ncccc3c(OCC3CN(C(C)c4ccccc4)C(=O)N3C)n2)cc1OC. The first-order chi connectivity index (χ1) is 18.0. The molecule has 8 heteroatoms. The third kappa shape index (κ3) is 4.74. The quantitative estimate of drug-likeness (QED) is 0.333. The number of carbonyl (C=O) groups is 1. The van der Waals surface area contributed by atoms with E-state index in [2.05, 4.69) is 11.9 Å². The average Bonchev–Trinajstić information content (AvgIpc) is 3.24. The fourth-order valence-corrected chi connectivity index (χ4v) is 4.66. The lowest BCUT2D eigenvalue weighted by atomic mass is 10.1. The number of methoxy groups -OCH3 is 2. The normalized spacial score (nSPS) is 16.2. The van der Waals surface area contributed by atoms with Crippen molar-refractivity contribution in [3.63, 3.8) is 0 Å². The molecule has 1 fully saturated rings. The van der Waals surface area contributed by atoms with Crippen molar-refractivity contribution in [2.75, 3.05) is 34.4 Å². The Morgan fingerprint density at radius 2 is 1.78 bits per heavy atom. The summed E-state index contributed by atoms with van der Waals surface area (Å²) >= 11 is 0. The van der Waals surface area contributed by atoms with Gasteiger partial charge in [0.15, 0.2) is 11.5 Å². The Balaban J connectivity index is 1.40. The maximum Gasteiger partial charge on any atom is 0.320 e. The molecule has 1 saturated heterocycles. The fourth-order valence-electron chi connectivity index (χ4n) is 4.66. The molecule has 2 aromatic heterocycles. The maximum absolute atomic E-state index is 13.1. The Kier molecular flexibility index (Phi) is 6.81. The predicted octanol–water partition coefficient (Wildman–Crippen LogP) is 5.19. The van der Waals surface area contributed by atoms with Crippen LogP contribution in [0.5, 0.6) is 17.4 Å². The van der Waals surface area contributed by atoms with Crippen molar-refractivity contribution in [1.29, 1.82) is 0 Å². The van der Waals surface area contributed by atoms with Gasteiger partial charge in [0.2, 0.25) is 5.88 Å². The van der Waals surface area contributed by atoms with Gasteiger partial charge in [-0.15, -0.1) is 0 Å². The molecule has 190 valence electrons. The number of rotatable bonds is 8. The lowest BCUT2D eigenvalue weighted by Crippen LogP contribution is -2.35. The lowest BCUT2D eigenvalue weighted by molar-refractivity contribution is 0.179. The summed E-state index contributed by atoms with van der Waals surface area (Å²) in [5.41, 5.74) is 3.43. The molecule has 1 aliphatic rings. The van der Waals surface area contributed by atoms with E-state index in [1.54, 1.807) is 25.3 Å². The predicted molar refractivity (Wildman–Crippen MR) is 142 cm³/mol. The highest BCUT2D eigenvalue weighted by molar-refractivity contribution is 5.87. The van der Waals surface area contributed by atoms with E-state index >= 15 is 0 Å². The van der Waals surface area contributed by atoms with Gasteiger partial charge in [0.1, 0.15) is 6.61 Å². The van der Waals surface area contributed by atoms with E-state index in [9.17, 15) is 4.79 Å². The number of ether oxygens (including phenoxy) is 3. The largest absolute Gasteiger partial charge is 0.493 e. The smallest absolute Gasteiger partial charge is 0.320 e. The first kappa shape index (κ1) is 24.4. The van der Waals surface area contributed by atoms with E-state index in [0.29, 0.717) is 36.2 Å². The van der Waals surface area contributed by atoms with E-state index < -0.39 is 0 Å². The summed E-state index contributed by atoms with van der Waals surface area (Å²) in [7, 11) is 5.03. The van der Waals surface area contributed by atoms with Crippen molar-refractivity contribution in [1.82, 2.24) is 19.8 Å². The van der Waals surface area contributed by atoms with Crippen molar-refractivity contribution in [3.8, 4) is 28.6 Å². The summed E-state index contributed by atoms with van der Waals surface area (Å²) in [6.07, 6.45) is 1.75. The Bertz CT molecular complexity index is 1410. The number of pyridine rings is 2. The first-order valence-corrected chi connectivity index (χ1v) is 12.2. The van der Waals surface area contributed by atoms with Gasteiger partial charge in [-0.25, -0.2) is 9.78 Å². The second kappa shape index (κ2) is 10.3. The lowest BCUT2D eigenvalue weighted by Gasteiger charge is -2.24. The van der Waals surface area contributed by atoms with E-state index in [1.807, 2.05) is 78.7 Å². The van der Waals surface area contributed by atoms with Crippen LogP contribution < -0.4 is 14.2 Å². The van der Waals surface area contributed by atoms with Gasteiger partial charge in [-0.1, -0.05) is 30.3 Å². The summed E-state index contributed by atoms with van der Waals surface area (Å²) in [6, 6.07) is 21.3. The van der Waals surface area contributed by atoms with E-state index in [1.165, 1.54) is 0 Å². The molecule has 0 radical (unpaired) electrons. The van der Waals surface area contributed by atoms with Crippen LogP contribution in [0.3, 0.4) is 0 Å². The minimum absolute atomic E-state index is 0.0106. The summed E-state index contributed by atoms with van der Waals surface area (Å²) in [5, 5.41) is 0.813. The van der Waals surface area contributed by atoms with E-state index in [-0.39, 0.29) is 18.1 Å². The molecule has 2 atom stereocenters. The number of hydrogen-bond acceptors (Lipinski definition) is 6. The Morgan fingerprint density at radius 3 is 2.54 bits per heavy atom. The van der Waals surface area contributed by atoms with Gasteiger partial charge in [-0.3, -0.25) is 4.98 Å². The molecule has 3 heterocycles. The summed E-state index contributed by atoms with van der Waals surface area (Å²) in [5.74, 6) is 1.74. The summed E-state index contributed by atoms with van der Waals surface area (Å²) < 4.78 is 17.1. The zero-order valence-corrected chi connectivity index (χ0v) is 21.4. The van der Waals surface area contributed by atoms with Gasteiger partial charge in [-0.05, 0) is 48.9 Å². The summed E-state index contributed by atoms with van der Waals surface area (Å²) in [6.45, 7) is 2.93. The van der Waals surface area contributed by atoms with Crippen molar-refractivity contribution in [3.05, 3.63) is 78.5 Å². The van der Waals surface area contributed by atoms with Crippen LogP contribution >= 0.6 is 0 Å². The third-order valence-corrected chi connectivity index (χ3v) is 6.91. The molecule has 5 rings (SSSR count). The highest BCUT2D eigenvalue weighted by Crippen LogP contribution is 2.34. The van der Waals surface area contributed by atoms with E-state index in [4.69, 9.17) is 19.2 Å². The molecule has 2 amide bonds. The molecule has 0 N–H and O–H groups in total. The second-order valence-electron chi connectivity index (χ2n) is 9.05. The molecule has 0 aliphatic carbocycles. The average molecular weight is 499 g/mol. The van der Waals surface area contributed by atoms with Crippen molar-refractivity contribution >= 4 is 16.9 Å². The van der Waals surface area contributed by atoms with Gasteiger partial charge >= 0.3 is 6.03 Å². The number of urea groups is 1. The Morgan fingerprint density at radius 1 is 1.00 bits per heavy atom. The van der Waals surface area contributed by atoms with Gasteiger partial charge < -0.3 is 24.0 Å². The molecule has 4 aromatic rings. The fraction of sp³-hybridized carbons (Fsp3) is 0.276. The molecule has 8 nitrogen and oxygen atoms in total. The van der Waals surface area contributed by atoms with Crippen LogP contribution in [0.15, 0.2) is 72.9 Å². The molecule has 2 unspecified atom stereocenters. The Hall–Kier alpha value is -4.33. The minimum Gasteiger partial charge on any atom is -0.493 e. The van der Waals surface area contributed by atoms with Crippen molar-refractivity contribution in [2.24, 2.45) is 0 Å². The zero-order valence-electron chi connectivity index (χ0n) is 21.4. The number of amides is 2. The third-order valence-electron chi connectivity index (χ3n) is 6.91. The van der Waals surface area contributed by atoms with Crippen LogP contribution in [0, 0.1) is 0 Å². The standard InChI is InChI=1S/C29H30N4O4/c1-19(20-9-6-5-7-10-20)33-17-22(32(2)29(33)34)18-37-28-23-11-8-14-30-25(23)16-24(31-28)21-12-13-26(35-3)27(15-21)36-4/h5-16,19,22H,17-18H2,1-4H3. The van der Waals surface area contributed by atoms with Crippen LogP contribution in [-0.4, -0.2) is 66.3 Å². The van der Waals surface area contributed by atoms with Crippen LogP contribution in [-0.2, 0) is 0 Å². The molecular weight excluding hydrogens is 468 g/mol. The second-order valence-corrected chi connectivity index (χ2v) is 9.05. The van der Waals surface area contributed by atoms with Crippen LogP contribution in [0.1, 0.15) is 18.5 Å². The Labute approximate surface area is 216 Å². The van der Waals surface area contributed by atoms with Gasteiger partial charge in [-0.2, -0.15) is 0 Å². The molecule has 0 bridgehead atoms. The number of hydrogen-bond donors (Lipinski definition) is 0. The van der Waals surface area contributed by atoms with Crippen LogP contribution in [0.2, 0.25) is 0 Å². The van der Waals surface area contributed by atoms with Gasteiger partial charge in [0.05, 0.1) is 42.9 Å². The number of benzene rings is 2. The number of nitrogens with zero attached hydrogens (tertiary/aromatic N) is 4. The molecule has 0 saturated carbocycles. The van der Waals surface area contributed by atoms with Crippen LogP contribution in [0.4, 0.5) is 4.79 Å². The van der Waals surface area contributed by atoms with Crippen molar-refractivity contribution < 1.29 is 19.0 Å². The van der Waals surface area contributed by atoms with Crippen molar-refractivity contribution in [2.45, 2.75) is 19.0 Å². The first-order valence-electron chi connectivity index (χ1n) is 12.2. The van der Waals surface area contributed by atoms with E-state index in [0.717, 1.165) is 22.0 Å². The summed E-state index contributed by atoms with van der Waals surface area (Å²) in [4.78, 5) is 26.1. The molecule has 37 heavy (non-hydrogen) atoms. The van der Waals surface area contributed by atoms with Gasteiger partial charge in [0.25, 0.3) is 0 Å². The van der Waals surface area contributed by atoms with Crippen LogP contribution in [0.25, 0.3) is 22.2 Å². The highest BCUT2D eigenvalue weighted by atomic mass is 16.5. The highest BCUT2D eigenvalue weighted by Gasteiger charge is 2.38. The number of aromatic nitrogens is 2. The monoisotopic (exact) mass is 498 g/mol. The number of carbonyl (C=O) groups excluding carboxylic acids is 1.